The second-order valence-corrected chi connectivity index (χ2v) is 7.22. The molecule has 0 unspecified atom stereocenters. The van der Waals surface area contributed by atoms with E-state index < -0.39 is 0 Å². The van der Waals surface area contributed by atoms with Crippen LogP contribution in [0.3, 0.4) is 0 Å². The van der Waals surface area contributed by atoms with Gasteiger partial charge in [-0.2, -0.15) is 0 Å². The highest BCUT2D eigenvalue weighted by Gasteiger charge is 2.54. The molecular weight excluding hydrogens is 280 g/mol. The summed E-state index contributed by atoms with van der Waals surface area (Å²) in [5, 5.41) is 9.67. The number of phenols is 1. The number of rotatable bonds is 0. The monoisotopic (exact) mass is 306 g/mol. The van der Waals surface area contributed by atoms with E-state index in [2.05, 4.69) is 13.0 Å². The lowest BCUT2D eigenvalue weighted by Crippen LogP contribution is -2.42. The van der Waals surface area contributed by atoms with Crippen LogP contribution in [0, 0.1) is 17.3 Å². The molecule has 4 nitrogen and oxygen atoms in total. The molecule has 122 valence electrons. The minimum atomic E-state index is -0.0322. The molecule has 0 spiro atoms. The number of hydrogen-bond acceptors (Lipinski definition) is 2. The lowest BCUT2D eigenvalue weighted by atomic mass is 9.55. The van der Waals surface area contributed by atoms with Crippen molar-refractivity contribution in [2.75, 3.05) is 0 Å². The van der Waals surface area contributed by atoms with Gasteiger partial charge in [-0.05, 0) is 73.1 Å². The SMILES string of the molecule is C[C@]12CC[C@@H]3c4ccc(O)cc4CC[C@H]3[C@@H]1CCC2=O.O.O. The number of ketones is 1. The van der Waals surface area contributed by atoms with E-state index in [1.54, 1.807) is 0 Å². The van der Waals surface area contributed by atoms with Gasteiger partial charge in [0.25, 0.3) is 0 Å². The summed E-state index contributed by atoms with van der Waals surface area (Å²) in [6.45, 7) is 2.22. The maximum atomic E-state index is 12.3. The zero-order valence-electron chi connectivity index (χ0n) is 13.1. The molecule has 22 heavy (non-hydrogen) atoms. The second kappa shape index (κ2) is 5.67. The molecule has 4 rings (SSSR count). The van der Waals surface area contributed by atoms with Crippen molar-refractivity contribution in [1.29, 1.82) is 0 Å². The van der Waals surface area contributed by atoms with Crippen LogP contribution in [0.4, 0.5) is 0 Å². The fraction of sp³-hybridized carbons (Fsp3) is 0.611. The fourth-order valence-corrected chi connectivity index (χ4v) is 5.34. The summed E-state index contributed by atoms with van der Waals surface area (Å²) in [6, 6.07) is 5.90. The number of phenolic OH excluding ortho intramolecular Hbond substituents is 1. The Morgan fingerprint density at radius 2 is 1.91 bits per heavy atom. The van der Waals surface area contributed by atoms with Gasteiger partial charge in [-0.3, -0.25) is 4.79 Å². The van der Waals surface area contributed by atoms with E-state index in [1.807, 2.05) is 12.1 Å². The third-order valence-electron chi connectivity index (χ3n) is 6.42. The number of benzene rings is 1. The van der Waals surface area contributed by atoms with E-state index >= 15 is 0 Å². The van der Waals surface area contributed by atoms with Crippen molar-refractivity contribution in [3.63, 3.8) is 0 Å². The van der Waals surface area contributed by atoms with E-state index in [1.165, 1.54) is 17.5 Å². The third kappa shape index (κ3) is 2.17. The third-order valence-corrected chi connectivity index (χ3v) is 6.42. The zero-order valence-corrected chi connectivity index (χ0v) is 13.1. The van der Waals surface area contributed by atoms with Gasteiger partial charge in [0.05, 0.1) is 0 Å². The van der Waals surface area contributed by atoms with Crippen LogP contribution in [0.2, 0.25) is 0 Å². The maximum Gasteiger partial charge on any atom is 0.139 e. The normalized spacial score (nSPS) is 35.5. The summed E-state index contributed by atoms with van der Waals surface area (Å²) in [6.07, 6.45) is 6.34. The summed E-state index contributed by atoms with van der Waals surface area (Å²) in [4.78, 5) is 12.3. The highest BCUT2D eigenvalue weighted by Crippen LogP contribution is 2.59. The van der Waals surface area contributed by atoms with Crippen LogP contribution < -0.4 is 0 Å². The Hall–Kier alpha value is -1.39. The minimum Gasteiger partial charge on any atom is -0.508 e. The topological polar surface area (TPSA) is 100 Å². The van der Waals surface area contributed by atoms with Crippen molar-refractivity contribution >= 4 is 5.78 Å². The molecule has 0 amide bonds. The summed E-state index contributed by atoms with van der Waals surface area (Å²) in [5.74, 6) is 2.78. The Bertz CT molecular complexity index is 582. The van der Waals surface area contributed by atoms with E-state index in [0.29, 0.717) is 29.3 Å². The summed E-state index contributed by atoms with van der Waals surface area (Å²) >= 11 is 0. The summed E-state index contributed by atoms with van der Waals surface area (Å²) in [7, 11) is 0. The van der Waals surface area contributed by atoms with Crippen LogP contribution in [0.5, 0.6) is 5.75 Å². The number of fused-ring (bicyclic) bond motifs is 5. The van der Waals surface area contributed by atoms with Gasteiger partial charge >= 0.3 is 0 Å². The van der Waals surface area contributed by atoms with Gasteiger partial charge < -0.3 is 16.1 Å². The maximum absolute atomic E-state index is 12.3. The first-order chi connectivity index (χ1) is 9.59. The lowest BCUT2D eigenvalue weighted by molar-refractivity contribution is -0.129. The molecule has 0 aliphatic heterocycles. The Labute approximate surface area is 131 Å². The van der Waals surface area contributed by atoms with Crippen molar-refractivity contribution in [2.24, 2.45) is 17.3 Å². The van der Waals surface area contributed by atoms with Gasteiger partial charge in [0.1, 0.15) is 11.5 Å². The Kier molecular flexibility index (Phi) is 4.37. The van der Waals surface area contributed by atoms with E-state index in [4.69, 9.17) is 0 Å². The molecular formula is C18H26O4. The molecule has 2 saturated carbocycles. The molecule has 0 aromatic heterocycles. The van der Waals surface area contributed by atoms with Crippen molar-refractivity contribution in [1.82, 2.24) is 0 Å². The lowest BCUT2D eigenvalue weighted by Gasteiger charge is -2.48. The van der Waals surface area contributed by atoms with E-state index in [9.17, 15) is 9.90 Å². The highest BCUT2D eigenvalue weighted by molar-refractivity contribution is 5.87. The second-order valence-electron chi connectivity index (χ2n) is 7.22. The molecule has 1 aromatic carbocycles. The molecule has 0 radical (unpaired) electrons. The van der Waals surface area contributed by atoms with Crippen LogP contribution in [-0.2, 0) is 11.2 Å². The van der Waals surface area contributed by atoms with Crippen LogP contribution in [0.15, 0.2) is 18.2 Å². The largest absolute Gasteiger partial charge is 0.508 e. The number of carbonyl (C=O) groups excluding carboxylic acids is 1. The van der Waals surface area contributed by atoms with Crippen LogP contribution in [0.25, 0.3) is 0 Å². The predicted octanol–water partition coefficient (Wildman–Crippen LogP) is 2.17. The first kappa shape index (κ1) is 17.0. The average Bonchev–Trinajstić information content (AvgIpc) is 2.74. The molecule has 3 aliphatic carbocycles. The molecule has 0 bridgehead atoms. The van der Waals surface area contributed by atoms with Crippen molar-refractivity contribution in [3.05, 3.63) is 29.3 Å². The molecule has 1 aromatic rings. The van der Waals surface area contributed by atoms with Gasteiger partial charge in [0.2, 0.25) is 0 Å². The molecule has 5 N–H and O–H groups in total. The number of hydrogen-bond donors (Lipinski definition) is 1. The van der Waals surface area contributed by atoms with Crippen molar-refractivity contribution < 1.29 is 20.9 Å². The molecule has 4 heteroatoms. The Morgan fingerprint density at radius 3 is 2.68 bits per heavy atom. The first-order valence-electron chi connectivity index (χ1n) is 7.95. The van der Waals surface area contributed by atoms with Crippen LogP contribution in [-0.4, -0.2) is 21.8 Å². The fourth-order valence-electron chi connectivity index (χ4n) is 5.34. The number of Topliss-reactive ketones (excluding diaryl/α,β-unsaturated/α-hetero) is 1. The van der Waals surface area contributed by atoms with Crippen molar-refractivity contribution in [3.8, 4) is 5.75 Å². The standard InChI is InChI=1S/C18H22O2.2H2O/c1-18-9-8-14-13-5-3-12(19)10-11(13)2-4-15(14)16(18)6-7-17(18)20;;/h3,5,10,14-16,19H,2,4,6-9H2,1H3;2*1H2/t14-,15-,16+,18+;;/m1../s1. The quantitative estimate of drug-likeness (QED) is 0.794. The molecule has 0 saturated heterocycles. The summed E-state index contributed by atoms with van der Waals surface area (Å²) < 4.78 is 0. The molecule has 0 heterocycles. The van der Waals surface area contributed by atoms with Crippen molar-refractivity contribution in [2.45, 2.75) is 51.4 Å². The van der Waals surface area contributed by atoms with E-state index in [-0.39, 0.29) is 16.4 Å². The molecule has 4 atom stereocenters. The van der Waals surface area contributed by atoms with Gasteiger partial charge in [-0.15, -0.1) is 0 Å². The van der Waals surface area contributed by atoms with Gasteiger partial charge in [-0.25, -0.2) is 0 Å². The Balaban J connectivity index is 0.000000882. The molecule has 3 aliphatic rings. The summed E-state index contributed by atoms with van der Waals surface area (Å²) in [5.41, 5.74) is 2.75. The Morgan fingerprint density at radius 1 is 1.14 bits per heavy atom. The van der Waals surface area contributed by atoms with E-state index in [0.717, 1.165) is 32.1 Å². The average molecular weight is 306 g/mol. The number of aromatic hydroxyl groups is 1. The first-order valence-corrected chi connectivity index (χ1v) is 7.95. The number of carbonyl (C=O) groups is 1. The number of aryl methyl sites for hydroxylation is 1. The van der Waals surface area contributed by atoms with Gasteiger partial charge in [0, 0.05) is 11.8 Å². The smallest absolute Gasteiger partial charge is 0.139 e. The predicted molar refractivity (Wildman–Crippen MR) is 85.0 cm³/mol. The molecule has 2 fully saturated rings. The van der Waals surface area contributed by atoms with Crippen LogP contribution in [0.1, 0.15) is 56.1 Å². The highest BCUT2D eigenvalue weighted by atomic mass is 16.3. The van der Waals surface area contributed by atoms with Gasteiger partial charge in [-0.1, -0.05) is 13.0 Å². The van der Waals surface area contributed by atoms with Gasteiger partial charge in [0.15, 0.2) is 0 Å². The minimum absolute atomic E-state index is 0. The van der Waals surface area contributed by atoms with Crippen LogP contribution >= 0.6 is 0 Å². The zero-order chi connectivity index (χ0) is 13.9.